The van der Waals surface area contributed by atoms with Crippen LogP contribution in [0.15, 0.2) is 32.8 Å². The minimum Gasteiger partial charge on any atom is -0.467 e. The number of furan rings is 1. The molecule has 0 saturated carbocycles. The fourth-order valence-electron chi connectivity index (χ4n) is 4.44. The maximum atomic E-state index is 13.6. The Morgan fingerprint density at radius 2 is 2.22 bits per heavy atom. The van der Waals surface area contributed by atoms with Gasteiger partial charge in [0.1, 0.15) is 10.6 Å². The van der Waals surface area contributed by atoms with Gasteiger partial charge in [0.25, 0.3) is 5.56 Å². The topological polar surface area (TPSA) is 77.6 Å². The maximum Gasteiger partial charge on any atom is 0.263 e. The molecule has 1 unspecified atom stereocenters. The highest BCUT2D eigenvalue weighted by atomic mass is 32.2. The second-order valence-electron chi connectivity index (χ2n) is 8.29. The van der Waals surface area contributed by atoms with Crippen molar-refractivity contribution in [3.63, 3.8) is 0 Å². The molecule has 0 spiro atoms. The Balaban J connectivity index is 1.45. The second kappa shape index (κ2) is 9.41. The van der Waals surface area contributed by atoms with Crippen molar-refractivity contribution in [2.45, 2.75) is 56.8 Å². The van der Waals surface area contributed by atoms with Gasteiger partial charge in [-0.1, -0.05) is 18.7 Å². The lowest BCUT2D eigenvalue weighted by Gasteiger charge is -2.32. The first-order valence-electron chi connectivity index (χ1n) is 11.2. The number of ether oxygens (including phenoxy) is 1. The maximum absolute atomic E-state index is 13.6. The Labute approximate surface area is 194 Å². The zero-order valence-corrected chi connectivity index (χ0v) is 19.8. The van der Waals surface area contributed by atoms with E-state index in [9.17, 15) is 9.59 Å². The van der Waals surface area contributed by atoms with Gasteiger partial charge in [0, 0.05) is 18.0 Å². The number of hydrogen-bond donors (Lipinski definition) is 0. The van der Waals surface area contributed by atoms with Crippen LogP contribution < -0.4 is 5.56 Å². The average molecular weight is 474 g/mol. The van der Waals surface area contributed by atoms with Gasteiger partial charge < -0.3 is 14.1 Å². The van der Waals surface area contributed by atoms with Gasteiger partial charge in [-0.15, -0.1) is 11.3 Å². The average Bonchev–Trinajstić information content (AvgIpc) is 3.47. The summed E-state index contributed by atoms with van der Waals surface area (Å²) in [7, 11) is 0. The van der Waals surface area contributed by atoms with Crippen molar-refractivity contribution in [1.82, 2.24) is 14.5 Å². The standard InChI is InChI=1S/C23H27N3O4S2/c1-2-15-12-25(9-11-30-15)19(27)14-31-23-24-21-20(17-7-3-4-8-18(17)32-21)22(28)26(23)13-16-6-5-10-29-16/h5-6,10,15H,2-4,7-9,11-14H2,1H3. The van der Waals surface area contributed by atoms with E-state index >= 15 is 0 Å². The highest BCUT2D eigenvalue weighted by Gasteiger charge is 2.25. The lowest BCUT2D eigenvalue weighted by Crippen LogP contribution is -2.46. The molecule has 9 heteroatoms. The zero-order chi connectivity index (χ0) is 22.1. The van der Waals surface area contributed by atoms with E-state index in [-0.39, 0.29) is 23.3 Å². The van der Waals surface area contributed by atoms with Crippen LogP contribution in [0.1, 0.15) is 42.4 Å². The van der Waals surface area contributed by atoms with Crippen molar-refractivity contribution >= 4 is 39.2 Å². The van der Waals surface area contributed by atoms with Crippen molar-refractivity contribution in [2.24, 2.45) is 0 Å². The first kappa shape index (κ1) is 21.7. The Morgan fingerprint density at radius 1 is 1.34 bits per heavy atom. The van der Waals surface area contributed by atoms with E-state index in [1.54, 1.807) is 22.2 Å². The Bertz CT molecular complexity index is 1170. The highest BCUT2D eigenvalue weighted by Crippen LogP contribution is 2.35. The molecule has 4 heterocycles. The van der Waals surface area contributed by atoms with E-state index in [2.05, 4.69) is 6.92 Å². The van der Waals surface area contributed by atoms with Gasteiger partial charge in [0.2, 0.25) is 5.91 Å². The van der Waals surface area contributed by atoms with Crippen molar-refractivity contribution in [3.05, 3.63) is 45.0 Å². The van der Waals surface area contributed by atoms with Gasteiger partial charge in [-0.3, -0.25) is 14.2 Å². The molecule has 1 aliphatic heterocycles. The van der Waals surface area contributed by atoms with Crippen LogP contribution in [0, 0.1) is 0 Å². The zero-order valence-electron chi connectivity index (χ0n) is 18.2. The Morgan fingerprint density at radius 3 is 3.03 bits per heavy atom. The van der Waals surface area contributed by atoms with E-state index in [1.165, 1.54) is 22.2 Å². The summed E-state index contributed by atoms with van der Waals surface area (Å²) in [6.45, 7) is 4.19. The molecule has 0 radical (unpaired) electrons. The first-order chi connectivity index (χ1) is 15.6. The molecule has 170 valence electrons. The molecule has 1 aliphatic carbocycles. The summed E-state index contributed by atoms with van der Waals surface area (Å²) in [5.41, 5.74) is 1.15. The summed E-state index contributed by atoms with van der Waals surface area (Å²) in [6, 6.07) is 3.68. The van der Waals surface area contributed by atoms with Gasteiger partial charge in [-0.25, -0.2) is 4.98 Å². The van der Waals surface area contributed by atoms with E-state index < -0.39 is 0 Å². The number of morpholine rings is 1. The molecule has 1 amide bonds. The van der Waals surface area contributed by atoms with Crippen LogP contribution in [0.2, 0.25) is 0 Å². The van der Waals surface area contributed by atoms with E-state index in [1.807, 2.05) is 17.0 Å². The molecule has 1 fully saturated rings. The summed E-state index contributed by atoms with van der Waals surface area (Å²) < 4.78 is 12.9. The van der Waals surface area contributed by atoms with Crippen LogP contribution in [0.3, 0.4) is 0 Å². The van der Waals surface area contributed by atoms with Crippen molar-refractivity contribution in [2.75, 3.05) is 25.4 Å². The lowest BCUT2D eigenvalue weighted by atomic mass is 9.97. The van der Waals surface area contributed by atoms with Gasteiger partial charge >= 0.3 is 0 Å². The summed E-state index contributed by atoms with van der Waals surface area (Å²) >= 11 is 2.98. The minimum atomic E-state index is -0.0295. The predicted molar refractivity (Wildman–Crippen MR) is 126 cm³/mol. The number of aryl methyl sites for hydroxylation is 2. The Kier molecular flexibility index (Phi) is 6.39. The van der Waals surface area contributed by atoms with Crippen LogP contribution >= 0.6 is 23.1 Å². The molecule has 3 aromatic rings. The number of rotatable bonds is 6. The Hall–Kier alpha value is -2.10. The molecule has 0 bridgehead atoms. The largest absolute Gasteiger partial charge is 0.467 e. The second-order valence-corrected chi connectivity index (χ2v) is 10.3. The monoisotopic (exact) mass is 473 g/mol. The quantitative estimate of drug-likeness (QED) is 0.401. The number of hydrogen-bond acceptors (Lipinski definition) is 7. The lowest BCUT2D eigenvalue weighted by molar-refractivity contribution is -0.135. The van der Waals surface area contributed by atoms with Crippen molar-refractivity contribution < 1.29 is 13.9 Å². The highest BCUT2D eigenvalue weighted by molar-refractivity contribution is 7.99. The van der Waals surface area contributed by atoms with Crippen LogP contribution in [-0.2, 0) is 28.9 Å². The predicted octanol–water partition coefficient (Wildman–Crippen LogP) is 3.71. The van der Waals surface area contributed by atoms with Crippen molar-refractivity contribution in [1.29, 1.82) is 0 Å². The molecule has 1 atom stereocenters. The molecule has 32 heavy (non-hydrogen) atoms. The summed E-state index contributed by atoms with van der Waals surface area (Å²) in [5.74, 6) is 1.00. The number of aromatic nitrogens is 2. The molecule has 2 aliphatic rings. The number of amides is 1. The van der Waals surface area contributed by atoms with Gasteiger partial charge in [0.15, 0.2) is 5.16 Å². The van der Waals surface area contributed by atoms with Crippen LogP contribution in [0.4, 0.5) is 0 Å². The minimum absolute atomic E-state index is 0.0295. The number of thiophene rings is 1. The smallest absolute Gasteiger partial charge is 0.263 e. The summed E-state index contributed by atoms with van der Waals surface area (Å²) in [5, 5.41) is 1.33. The number of thioether (sulfide) groups is 1. The number of carbonyl (C=O) groups excluding carboxylic acids is 1. The molecule has 0 N–H and O–H groups in total. The fourth-order valence-corrected chi connectivity index (χ4v) is 6.64. The molecule has 1 saturated heterocycles. The third kappa shape index (κ3) is 4.25. The molecule has 7 nitrogen and oxygen atoms in total. The van der Waals surface area contributed by atoms with Crippen LogP contribution in [-0.4, -0.2) is 51.9 Å². The molecule has 5 rings (SSSR count). The van der Waals surface area contributed by atoms with E-state index in [4.69, 9.17) is 14.1 Å². The van der Waals surface area contributed by atoms with Gasteiger partial charge in [-0.2, -0.15) is 0 Å². The number of nitrogens with zero attached hydrogens (tertiary/aromatic N) is 3. The van der Waals surface area contributed by atoms with E-state index in [0.29, 0.717) is 37.2 Å². The molecular weight excluding hydrogens is 446 g/mol. The number of fused-ring (bicyclic) bond motifs is 3. The molecule has 3 aromatic heterocycles. The molecular formula is C23H27N3O4S2. The SMILES string of the molecule is CCC1CN(C(=O)CSc2nc3sc4c(c3c(=O)n2Cc2ccco2)CCCC4)CCO1. The van der Waals surface area contributed by atoms with Crippen LogP contribution in [0.25, 0.3) is 10.2 Å². The normalized spacial score (nSPS) is 18.8. The molecule has 0 aromatic carbocycles. The third-order valence-electron chi connectivity index (χ3n) is 6.21. The van der Waals surface area contributed by atoms with Crippen LogP contribution in [0.5, 0.6) is 0 Å². The summed E-state index contributed by atoms with van der Waals surface area (Å²) in [4.78, 5) is 35.3. The van der Waals surface area contributed by atoms with E-state index in [0.717, 1.165) is 42.3 Å². The summed E-state index contributed by atoms with van der Waals surface area (Å²) in [6.07, 6.45) is 6.83. The number of carbonyl (C=O) groups is 1. The third-order valence-corrected chi connectivity index (χ3v) is 8.35. The van der Waals surface area contributed by atoms with Gasteiger partial charge in [0.05, 0.1) is 36.7 Å². The first-order valence-corrected chi connectivity index (χ1v) is 13.0. The van der Waals surface area contributed by atoms with Crippen molar-refractivity contribution in [3.8, 4) is 0 Å². The fraction of sp³-hybridized carbons (Fsp3) is 0.522. The van der Waals surface area contributed by atoms with Gasteiger partial charge in [-0.05, 0) is 49.8 Å².